The van der Waals surface area contributed by atoms with Gasteiger partial charge in [-0.3, -0.25) is 4.79 Å². The maximum Gasteiger partial charge on any atom is 0.257 e. The van der Waals surface area contributed by atoms with Crippen molar-refractivity contribution in [1.29, 1.82) is 0 Å². The Morgan fingerprint density at radius 3 is 2.45 bits per heavy atom. The van der Waals surface area contributed by atoms with Crippen LogP contribution in [0.1, 0.15) is 54.9 Å². The van der Waals surface area contributed by atoms with Gasteiger partial charge in [-0.15, -0.1) is 0 Å². The van der Waals surface area contributed by atoms with E-state index in [0.29, 0.717) is 18.0 Å². The number of aliphatic hydroxyl groups excluding tert-OH is 1. The molecular formula is C17H24FNO3. The van der Waals surface area contributed by atoms with Gasteiger partial charge < -0.3 is 15.1 Å². The second kappa shape index (κ2) is 7.09. The highest BCUT2D eigenvalue weighted by atomic mass is 19.1. The summed E-state index contributed by atoms with van der Waals surface area (Å²) in [6.07, 6.45) is 6.47. The molecule has 0 radical (unpaired) electrons. The highest BCUT2D eigenvalue weighted by molar-refractivity contribution is 5.98. The van der Waals surface area contributed by atoms with Crippen molar-refractivity contribution in [2.45, 2.75) is 51.7 Å². The van der Waals surface area contributed by atoms with Crippen molar-refractivity contribution in [3.63, 3.8) is 0 Å². The van der Waals surface area contributed by atoms with Crippen LogP contribution in [-0.4, -0.2) is 34.2 Å². The Labute approximate surface area is 130 Å². The number of hydrogen-bond acceptors (Lipinski definition) is 3. The highest BCUT2D eigenvalue weighted by Gasteiger charge is 2.29. The predicted octanol–water partition coefficient (Wildman–Crippen LogP) is 3.06. The number of aromatic hydroxyl groups is 1. The molecular weight excluding hydrogens is 285 g/mol. The van der Waals surface area contributed by atoms with Gasteiger partial charge in [0.1, 0.15) is 0 Å². The number of halogens is 1. The number of amides is 1. The topological polar surface area (TPSA) is 60.8 Å². The van der Waals surface area contributed by atoms with Crippen LogP contribution in [0.3, 0.4) is 0 Å². The van der Waals surface area contributed by atoms with Gasteiger partial charge in [-0.1, -0.05) is 25.3 Å². The van der Waals surface area contributed by atoms with E-state index in [4.69, 9.17) is 5.11 Å². The molecule has 5 heteroatoms. The molecule has 122 valence electrons. The maximum absolute atomic E-state index is 13.2. The van der Waals surface area contributed by atoms with E-state index in [-0.39, 0.29) is 17.6 Å². The molecule has 1 aromatic carbocycles. The molecule has 0 aromatic heterocycles. The zero-order chi connectivity index (χ0) is 16.3. The third kappa shape index (κ3) is 3.58. The van der Waals surface area contributed by atoms with Gasteiger partial charge in [0.25, 0.3) is 5.91 Å². The van der Waals surface area contributed by atoms with Gasteiger partial charge in [-0.2, -0.15) is 0 Å². The standard InChI is InChI=1S/C9H8FNO2.C8H16O/c1-11-4-5-2-3-6(12)8(10)7(5)9(11)13;1-7(9)8-5-3-2-4-6-8/h2-3,12H,4H2,1H3;7-9H,2-6H2,1H3/t;7-/m.1/s1. The molecule has 1 amide bonds. The van der Waals surface area contributed by atoms with E-state index in [0.717, 1.165) is 0 Å². The molecule has 0 bridgehead atoms. The van der Waals surface area contributed by atoms with Crippen LogP contribution in [0, 0.1) is 11.7 Å². The van der Waals surface area contributed by atoms with Gasteiger partial charge in [-0.25, -0.2) is 4.39 Å². The Kier molecular flexibility index (Phi) is 5.40. The molecule has 2 aliphatic rings. The second-order valence-electron chi connectivity index (χ2n) is 6.23. The summed E-state index contributed by atoms with van der Waals surface area (Å²) in [4.78, 5) is 12.8. The van der Waals surface area contributed by atoms with Crippen molar-refractivity contribution >= 4 is 5.91 Å². The number of carbonyl (C=O) groups is 1. The second-order valence-corrected chi connectivity index (χ2v) is 6.23. The number of aliphatic hydroxyl groups is 1. The Morgan fingerprint density at radius 1 is 1.27 bits per heavy atom. The molecule has 1 aliphatic heterocycles. The van der Waals surface area contributed by atoms with Crippen molar-refractivity contribution in [2.75, 3.05) is 7.05 Å². The summed E-state index contributed by atoms with van der Waals surface area (Å²) >= 11 is 0. The molecule has 3 rings (SSSR count). The highest BCUT2D eigenvalue weighted by Crippen LogP contribution is 2.29. The molecule has 4 nitrogen and oxygen atoms in total. The summed E-state index contributed by atoms with van der Waals surface area (Å²) in [6, 6.07) is 2.83. The Balaban J connectivity index is 0.000000172. The van der Waals surface area contributed by atoms with Crippen molar-refractivity contribution in [2.24, 2.45) is 5.92 Å². The minimum Gasteiger partial charge on any atom is -0.505 e. The van der Waals surface area contributed by atoms with E-state index in [2.05, 4.69) is 0 Å². The van der Waals surface area contributed by atoms with Crippen molar-refractivity contribution < 1.29 is 19.4 Å². The van der Waals surface area contributed by atoms with Gasteiger partial charge >= 0.3 is 0 Å². The zero-order valence-corrected chi connectivity index (χ0v) is 13.2. The third-order valence-corrected chi connectivity index (χ3v) is 4.51. The number of hydrogen-bond donors (Lipinski definition) is 2. The van der Waals surface area contributed by atoms with Crippen molar-refractivity contribution in [3.05, 3.63) is 29.1 Å². The van der Waals surface area contributed by atoms with E-state index >= 15 is 0 Å². The minimum absolute atomic E-state index is 0.00231. The first-order valence-electron chi connectivity index (χ1n) is 7.85. The van der Waals surface area contributed by atoms with E-state index in [9.17, 15) is 14.3 Å². The summed E-state index contributed by atoms with van der Waals surface area (Å²) in [5.74, 6) is -1.04. The Hall–Kier alpha value is -1.62. The molecule has 2 N–H and O–H groups in total. The van der Waals surface area contributed by atoms with E-state index < -0.39 is 11.6 Å². The van der Waals surface area contributed by atoms with E-state index in [1.54, 1.807) is 13.1 Å². The van der Waals surface area contributed by atoms with Gasteiger partial charge in [-0.05, 0) is 37.3 Å². The predicted molar refractivity (Wildman–Crippen MR) is 82.1 cm³/mol. The van der Waals surface area contributed by atoms with Gasteiger partial charge in [0.15, 0.2) is 11.6 Å². The number of benzene rings is 1. The third-order valence-electron chi connectivity index (χ3n) is 4.51. The Bertz CT molecular complexity index is 539. The van der Waals surface area contributed by atoms with Crippen LogP contribution in [0.2, 0.25) is 0 Å². The Morgan fingerprint density at radius 2 is 1.91 bits per heavy atom. The summed E-state index contributed by atoms with van der Waals surface area (Å²) in [7, 11) is 1.60. The molecule has 1 aromatic rings. The lowest BCUT2D eigenvalue weighted by Crippen LogP contribution is -2.19. The van der Waals surface area contributed by atoms with Crippen LogP contribution < -0.4 is 0 Å². The SMILES string of the molecule is CN1Cc2ccc(O)c(F)c2C1=O.C[C@@H](O)C1CCCCC1. The number of phenolic OH excluding ortho intramolecular Hbond substituents is 1. The van der Waals surface area contributed by atoms with Crippen molar-refractivity contribution in [1.82, 2.24) is 4.90 Å². The molecule has 0 saturated heterocycles. The molecule has 1 fully saturated rings. The lowest BCUT2D eigenvalue weighted by Gasteiger charge is -2.23. The van der Waals surface area contributed by atoms with E-state index in [1.807, 2.05) is 6.92 Å². The average molecular weight is 309 g/mol. The quantitative estimate of drug-likeness (QED) is 0.838. The maximum atomic E-state index is 13.2. The van der Waals surface area contributed by atoms with E-state index in [1.165, 1.54) is 43.1 Å². The number of carbonyl (C=O) groups excluding carboxylic acids is 1. The number of phenols is 1. The first-order chi connectivity index (χ1) is 10.4. The monoisotopic (exact) mass is 309 g/mol. The van der Waals surface area contributed by atoms with Crippen LogP contribution in [0.5, 0.6) is 5.75 Å². The molecule has 1 atom stereocenters. The molecule has 0 unspecified atom stereocenters. The molecule has 1 aliphatic carbocycles. The first kappa shape index (κ1) is 16.7. The normalized spacial score (nSPS) is 19.5. The summed E-state index contributed by atoms with van der Waals surface area (Å²) < 4.78 is 13.2. The lowest BCUT2D eigenvalue weighted by atomic mass is 9.86. The smallest absolute Gasteiger partial charge is 0.257 e. The van der Waals surface area contributed by atoms with Crippen LogP contribution in [-0.2, 0) is 6.54 Å². The van der Waals surface area contributed by atoms with Gasteiger partial charge in [0.05, 0.1) is 11.7 Å². The molecule has 1 saturated carbocycles. The fraction of sp³-hybridized carbons (Fsp3) is 0.588. The van der Waals surface area contributed by atoms with Gasteiger partial charge in [0.2, 0.25) is 0 Å². The average Bonchev–Trinajstić information content (AvgIpc) is 2.80. The molecule has 0 spiro atoms. The number of rotatable bonds is 1. The summed E-state index contributed by atoms with van der Waals surface area (Å²) in [5.41, 5.74) is 0.630. The summed E-state index contributed by atoms with van der Waals surface area (Å²) in [5, 5.41) is 18.2. The minimum atomic E-state index is -0.813. The van der Waals surface area contributed by atoms with Crippen LogP contribution in [0.4, 0.5) is 4.39 Å². The molecule has 1 heterocycles. The number of fused-ring (bicyclic) bond motifs is 1. The fourth-order valence-electron chi connectivity index (χ4n) is 3.10. The summed E-state index contributed by atoms with van der Waals surface area (Å²) in [6.45, 7) is 2.32. The lowest BCUT2D eigenvalue weighted by molar-refractivity contribution is 0.0812. The largest absolute Gasteiger partial charge is 0.505 e. The van der Waals surface area contributed by atoms with Crippen LogP contribution >= 0.6 is 0 Å². The number of nitrogens with zero attached hydrogens (tertiary/aromatic N) is 1. The van der Waals surface area contributed by atoms with Crippen LogP contribution in [0.15, 0.2) is 12.1 Å². The zero-order valence-electron chi connectivity index (χ0n) is 13.2. The van der Waals surface area contributed by atoms with Crippen LogP contribution in [0.25, 0.3) is 0 Å². The first-order valence-corrected chi connectivity index (χ1v) is 7.85. The fourth-order valence-corrected chi connectivity index (χ4v) is 3.10. The van der Waals surface area contributed by atoms with Gasteiger partial charge in [0, 0.05) is 13.6 Å². The van der Waals surface area contributed by atoms with Crippen molar-refractivity contribution in [3.8, 4) is 5.75 Å². The molecule has 22 heavy (non-hydrogen) atoms.